The van der Waals surface area contributed by atoms with Crippen LogP contribution in [0.4, 0.5) is 0 Å². The van der Waals surface area contributed by atoms with Crippen LogP contribution in [0.25, 0.3) is 11.3 Å². The molecule has 1 heterocycles. The van der Waals surface area contributed by atoms with Crippen LogP contribution in [0.2, 0.25) is 5.02 Å². The molecular formula is C18H22ClN3OS. The molecule has 0 bridgehead atoms. The van der Waals surface area contributed by atoms with Crippen LogP contribution < -0.4 is 11.1 Å². The van der Waals surface area contributed by atoms with Crippen LogP contribution in [-0.2, 0) is 11.3 Å². The summed E-state index contributed by atoms with van der Waals surface area (Å²) in [5.41, 5.74) is 8.03. The summed E-state index contributed by atoms with van der Waals surface area (Å²) in [6.45, 7) is 2.52. The Morgan fingerprint density at radius 2 is 2.12 bits per heavy atom. The zero-order chi connectivity index (χ0) is 17.1. The highest BCUT2D eigenvalue weighted by Gasteiger charge is 2.26. The Labute approximate surface area is 151 Å². The summed E-state index contributed by atoms with van der Waals surface area (Å²) in [7, 11) is 0. The molecule has 1 fully saturated rings. The number of amides is 1. The minimum absolute atomic E-state index is 0.0678. The van der Waals surface area contributed by atoms with Crippen LogP contribution in [0, 0.1) is 12.8 Å². The lowest BCUT2D eigenvalue weighted by atomic mass is 10.00. The molecule has 1 aliphatic carbocycles. The van der Waals surface area contributed by atoms with Crippen molar-refractivity contribution in [1.29, 1.82) is 0 Å². The van der Waals surface area contributed by atoms with E-state index in [1.54, 1.807) is 11.3 Å². The van der Waals surface area contributed by atoms with Gasteiger partial charge in [0.25, 0.3) is 0 Å². The van der Waals surface area contributed by atoms with E-state index in [0.29, 0.717) is 23.9 Å². The zero-order valence-corrected chi connectivity index (χ0v) is 15.3. The van der Waals surface area contributed by atoms with Gasteiger partial charge in [0.05, 0.1) is 12.2 Å². The number of aromatic nitrogens is 1. The average Bonchev–Trinajstić information content (AvgIpc) is 3.12. The van der Waals surface area contributed by atoms with Crippen molar-refractivity contribution in [3.05, 3.63) is 39.2 Å². The van der Waals surface area contributed by atoms with Crippen molar-refractivity contribution in [2.45, 2.75) is 45.2 Å². The Morgan fingerprint density at radius 1 is 1.38 bits per heavy atom. The van der Waals surface area contributed by atoms with Crippen LogP contribution in [0.15, 0.2) is 24.3 Å². The minimum atomic E-state index is 0.0678. The average molecular weight is 364 g/mol. The second-order valence-corrected chi connectivity index (χ2v) is 8.08. The molecule has 0 saturated heterocycles. The molecule has 2 aromatic rings. The van der Waals surface area contributed by atoms with E-state index in [2.05, 4.69) is 10.3 Å². The van der Waals surface area contributed by atoms with Gasteiger partial charge in [-0.3, -0.25) is 4.79 Å². The first kappa shape index (κ1) is 17.4. The molecule has 4 nitrogen and oxygen atoms in total. The van der Waals surface area contributed by atoms with Crippen molar-refractivity contribution in [2.75, 3.05) is 0 Å². The van der Waals surface area contributed by atoms with Gasteiger partial charge in [0.1, 0.15) is 5.01 Å². The highest BCUT2D eigenvalue weighted by atomic mass is 35.5. The van der Waals surface area contributed by atoms with Gasteiger partial charge in [-0.05, 0) is 37.8 Å². The van der Waals surface area contributed by atoms with Gasteiger partial charge in [-0.1, -0.05) is 30.2 Å². The van der Waals surface area contributed by atoms with Crippen LogP contribution in [-0.4, -0.2) is 16.9 Å². The normalized spacial score (nSPS) is 20.3. The molecule has 6 heteroatoms. The Morgan fingerprint density at radius 3 is 2.79 bits per heavy atom. The third kappa shape index (κ3) is 4.15. The summed E-state index contributed by atoms with van der Waals surface area (Å²) >= 11 is 7.55. The number of rotatable bonds is 5. The molecular weight excluding hydrogens is 342 g/mol. The van der Waals surface area contributed by atoms with Gasteiger partial charge in [0.2, 0.25) is 5.91 Å². The monoisotopic (exact) mass is 363 g/mol. The number of nitrogens with two attached hydrogens (primary N) is 1. The molecule has 1 saturated carbocycles. The van der Waals surface area contributed by atoms with E-state index in [4.69, 9.17) is 17.3 Å². The van der Waals surface area contributed by atoms with Gasteiger partial charge in [0.15, 0.2) is 0 Å². The maximum atomic E-state index is 12.1. The van der Waals surface area contributed by atoms with Crippen LogP contribution in [0.3, 0.4) is 0 Å². The summed E-state index contributed by atoms with van der Waals surface area (Å²) in [5.74, 6) is 0.394. The maximum Gasteiger partial charge on any atom is 0.220 e. The van der Waals surface area contributed by atoms with Gasteiger partial charge in [-0.15, -0.1) is 11.3 Å². The van der Waals surface area contributed by atoms with E-state index in [9.17, 15) is 4.79 Å². The van der Waals surface area contributed by atoms with Gasteiger partial charge in [-0.2, -0.15) is 0 Å². The first-order valence-corrected chi connectivity index (χ1v) is 9.47. The minimum Gasteiger partial charge on any atom is -0.350 e. The van der Waals surface area contributed by atoms with Crippen molar-refractivity contribution in [1.82, 2.24) is 10.3 Å². The molecule has 3 rings (SSSR count). The lowest BCUT2D eigenvalue weighted by Crippen LogP contribution is -2.31. The standard InChI is InChI=1S/C18H22ClN3OS/c1-11-18(12-5-7-14(19)8-6-12)22-17(24-11)10-21-16(23)9-13-3-2-4-15(13)20/h5-8,13,15H,2-4,9-10,20H2,1H3,(H,21,23)/t13-,15+/m0/s1. The van der Waals surface area contributed by atoms with E-state index < -0.39 is 0 Å². The molecule has 1 amide bonds. The molecule has 0 spiro atoms. The zero-order valence-electron chi connectivity index (χ0n) is 13.7. The van der Waals surface area contributed by atoms with Crippen molar-refractivity contribution in [3.63, 3.8) is 0 Å². The van der Waals surface area contributed by atoms with E-state index in [-0.39, 0.29) is 11.9 Å². The second-order valence-electron chi connectivity index (χ2n) is 6.35. The quantitative estimate of drug-likeness (QED) is 0.846. The van der Waals surface area contributed by atoms with E-state index in [0.717, 1.165) is 40.4 Å². The Balaban J connectivity index is 1.59. The third-order valence-corrected chi connectivity index (χ3v) is 5.78. The number of aryl methyl sites for hydroxylation is 1. The lowest BCUT2D eigenvalue weighted by Gasteiger charge is -2.14. The highest BCUT2D eigenvalue weighted by molar-refractivity contribution is 7.12. The predicted molar refractivity (Wildman–Crippen MR) is 99.1 cm³/mol. The first-order valence-electron chi connectivity index (χ1n) is 8.27. The fourth-order valence-corrected chi connectivity index (χ4v) is 4.23. The summed E-state index contributed by atoms with van der Waals surface area (Å²) in [6.07, 6.45) is 3.75. The topological polar surface area (TPSA) is 68.0 Å². The number of benzene rings is 1. The maximum absolute atomic E-state index is 12.1. The van der Waals surface area contributed by atoms with E-state index in [1.165, 1.54) is 0 Å². The van der Waals surface area contributed by atoms with Crippen LogP contribution in [0.1, 0.15) is 35.6 Å². The molecule has 24 heavy (non-hydrogen) atoms. The van der Waals surface area contributed by atoms with Crippen LogP contribution in [0.5, 0.6) is 0 Å². The highest BCUT2D eigenvalue weighted by Crippen LogP contribution is 2.29. The van der Waals surface area contributed by atoms with Gasteiger partial charge in [-0.25, -0.2) is 4.98 Å². The number of carbonyl (C=O) groups is 1. The number of hydrogen-bond donors (Lipinski definition) is 2. The number of nitrogens with one attached hydrogen (secondary N) is 1. The van der Waals surface area contributed by atoms with Crippen LogP contribution >= 0.6 is 22.9 Å². The summed E-state index contributed by atoms with van der Waals surface area (Å²) in [4.78, 5) is 17.9. The van der Waals surface area contributed by atoms with Gasteiger partial charge in [0, 0.05) is 27.9 Å². The van der Waals surface area contributed by atoms with Crippen molar-refractivity contribution in [2.24, 2.45) is 11.7 Å². The van der Waals surface area contributed by atoms with Gasteiger partial charge >= 0.3 is 0 Å². The number of halogens is 1. The van der Waals surface area contributed by atoms with Crippen molar-refractivity contribution in [3.8, 4) is 11.3 Å². The Hall–Kier alpha value is -1.43. The SMILES string of the molecule is Cc1sc(CNC(=O)C[C@@H]2CCC[C@H]2N)nc1-c1ccc(Cl)cc1. The number of nitrogens with zero attached hydrogens (tertiary/aromatic N) is 1. The molecule has 0 aliphatic heterocycles. The van der Waals surface area contributed by atoms with Crippen molar-refractivity contribution >= 4 is 28.8 Å². The smallest absolute Gasteiger partial charge is 0.220 e. The lowest BCUT2D eigenvalue weighted by molar-refractivity contribution is -0.122. The molecule has 2 atom stereocenters. The Bertz CT molecular complexity index is 714. The molecule has 0 unspecified atom stereocenters. The Kier molecular flexibility index (Phi) is 5.54. The van der Waals surface area contributed by atoms with E-state index >= 15 is 0 Å². The fourth-order valence-electron chi connectivity index (χ4n) is 3.21. The fraction of sp³-hybridized carbons (Fsp3) is 0.444. The molecule has 1 aliphatic rings. The number of thiazole rings is 1. The largest absolute Gasteiger partial charge is 0.350 e. The summed E-state index contributed by atoms with van der Waals surface area (Å²) in [5, 5.41) is 4.61. The molecule has 128 valence electrons. The molecule has 3 N–H and O–H groups in total. The number of carbonyl (C=O) groups excluding carboxylic acids is 1. The number of hydrogen-bond acceptors (Lipinski definition) is 4. The van der Waals surface area contributed by atoms with Crippen molar-refractivity contribution < 1.29 is 4.79 Å². The predicted octanol–water partition coefficient (Wildman–Crippen LogP) is 3.91. The summed E-state index contributed by atoms with van der Waals surface area (Å²) < 4.78 is 0. The molecule has 1 aromatic carbocycles. The first-order chi connectivity index (χ1) is 11.5. The second kappa shape index (κ2) is 7.64. The van der Waals surface area contributed by atoms with E-state index in [1.807, 2.05) is 31.2 Å². The van der Waals surface area contributed by atoms with Gasteiger partial charge < -0.3 is 11.1 Å². The third-order valence-electron chi connectivity index (χ3n) is 4.56. The summed E-state index contributed by atoms with van der Waals surface area (Å²) in [6, 6.07) is 7.83. The molecule has 1 aromatic heterocycles. The molecule has 0 radical (unpaired) electrons.